The van der Waals surface area contributed by atoms with Crippen molar-refractivity contribution in [2.24, 2.45) is 5.41 Å². The number of carboxylic acid groups (broad SMARTS) is 1. The van der Waals surface area contributed by atoms with Gasteiger partial charge in [0.15, 0.2) is 0 Å². The summed E-state index contributed by atoms with van der Waals surface area (Å²) in [6.45, 7) is 0.309. The van der Waals surface area contributed by atoms with Crippen LogP contribution in [-0.4, -0.2) is 28.9 Å². The van der Waals surface area contributed by atoms with Crippen molar-refractivity contribution in [3.05, 3.63) is 35.4 Å². The van der Waals surface area contributed by atoms with E-state index in [0.29, 0.717) is 24.9 Å². The molecule has 0 saturated heterocycles. The number of hydrogen-bond acceptors (Lipinski definition) is 3. The highest BCUT2D eigenvalue weighted by atomic mass is 16.4. The minimum Gasteiger partial charge on any atom is -0.480 e. The van der Waals surface area contributed by atoms with Gasteiger partial charge in [-0.2, -0.15) is 5.26 Å². The number of carbonyl (C=O) groups excluding carboxylic acids is 1. The minimum atomic E-state index is -1.21. The lowest BCUT2D eigenvalue weighted by molar-refractivity contribution is -0.153. The Kier molecular flexibility index (Phi) is 3.26. The van der Waals surface area contributed by atoms with Gasteiger partial charge in [0.05, 0.1) is 11.6 Å². The van der Waals surface area contributed by atoms with E-state index in [1.54, 1.807) is 25.2 Å². The zero-order chi connectivity index (χ0) is 14.0. The molecule has 5 heteroatoms. The summed E-state index contributed by atoms with van der Waals surface area (Å²) < 4.78 is 0. The van der Waals surface area contributed by atoms with Crippen molar-refractivity contribution in [2.45, 2.75) is 19.4 Å². The number of nitrogens with zero attached hydrogens (tertiary/aromatic N) is 2. The fourth-order valence-electron chi connectivity index (χ4n) is 2.09. The van der Waals surface area contributed by atoms with Gasteiger partial charge in [-0.25, -0.2) is 0 Å². The van der Waals surface area contributed by atoms with Crippen molar-refractivity contribution in [1.82, 2.24) is 4.90 Å². The number of benzene rings is 1. The fraction of sp³-hybridized carbons (Fsp3) is 0.357. The number of aliphatic carboxylic acids is 1. The van der Waals surface area contributed by atoms with Crippen molar-refractivity contribution in [1.29, 1.82) is 5.26 Å². The molecule has 1 amide bonds. The molecule has 0 heterocycles. The first kappa shape index (κ1) is 13.1. The van der Waals surface area contributed by atoms with Crippen molar-refractivity contribution in [2.75, 3.05) is 7.05 Å². The molecule has 1 aliphatic carbocycles. The van der Waals surface area contributed by atoms with Crippen LogP contribution in [0.15, 0.2) is 24.3 Å². The Morgan fingerprint density at radius 1 is 1.47 bits per heavy atom. The predicted octanol–water partition coefficient (Wildman–Crippen LogP) is 1.38. The van der Waals surface area contributed by atoms with Gasteiger partial charge in [0.2, 0.25) is 5.91 Å². The molecule has 0 atom stereocenters. The molecule has 0 radical (unpaired) electrons. The van der Waals surface area contributed by atoms with Gasteiger partial charge >= 0.3 is 5.97 Å². The quantitative estimate of drug-likeness (QED) is 0.827. The maximum absolute atomic E-state index is 12.1. The molecular formula is C14H14N2O3. The molecule has 1 aromatic carbocycles. The third-order valence-electron chi connectivity index (χ3n) is 3.39. The number of amides is 1. The first-order chi connectivity index (χ1) is 8.99. The minimum absolute atomic E-state index is 0.309. The molecule has 1 fully saturated rings. The molecule has 1 saturated carbocycles. The summed E-state index contributed by atoms with van der Waals surface area (Å²) in [7, 11) is 1.59. The van der Waals surface area contributed by atoms with Crippen molar-refractivity contribution < 1.29 is 14.7 Å². The van der Waals surface area contributed by atoms with Gasteiger partial charge in [-0.3, -0.25) is 9.59 Å². The highest BCUT2D eigenvalue weighted by molar-refractivity contribution is 6.04. The SMILES string of the molecule is CN(Cc1cccc(C#N)c1)C(=O)C1(C(=O)O)CC1. The van der Waals surface area contributed by atoms with E-state index in [9.17, 15) is 9.59 Å². The molecule has 98 valence electrons. The van der Waals surface area contributed by atoms with E-state index < -0.39 is 11.4 Å². The summed E-state index contributed by atoms with van der Waals surface area (Å²) in [5.74, 6) is -1.41. The summed E-state index contributed by atoms with van der Waals surface area (Å²) in [5.41, 5.74) is 0.135. The van der Waals surface area contributed by atoms with E-state index in [1.807, 2.05) is 12.1 Å². The Morgan fingerprint density at radius 3 is 2.68 bits per heavy atom. The van der Waals surface area contributed by atoms with Crippen LogP contribution in [0, 0.1) is 16.7 Å². The summed E-state index contributed by atoms with van der Waals surface area (Å²) in [6, 6.07) is 8.97. The Bertz CT molecular complexity index is 570. The molecule has 2 rings (SSSR count). The Hall–Kier alpha value is -2.35. The average molecular weight is 258 g/mol. The summed E-state index contributed by atoms with van der Waals surface area (Å²) in [5, 5.41) is 17.9. The van der Waals surface area contributed by atoms with E-state index >= 15 is 0 Å². The molecule has 0 unspecified atom stereocenters. The van der Waals surface area contributed by atoms with Gasteiger partial charge in [0.1, 0.15) is 5.41 Å². The lowest BCUT2D eigenvalue weighted by atomic mass is 10.1. The summed E-state index contributed by atoms with van der Waals surface area (Å²) in [6.07, 6.45) is 0.813. The molecular weight excluding hydrogens is 244 g/mol. The molecule has 0 spiro atoms. The second kappa shape index (κ2) is 4.73. The topological polar surface area (TPSA) is 81.4 Å². The highest BCUT2D eigenvalue weighted by Crippen LogP contribution is 2.47. The van der Waals surface area contributed by atoms with Gasteiger partial charge in [-0.05, 0) is 30.5 Å². The van der Waals surface area contributed by atoms with Gasteiger partial charge in [0.25, 0.3) is 0 Å². The highest BCUT2D eigenvalue weighted by Gasteiger charge is 2.58. The van der Waals surface area contributed by atoms with Crippen LogP contribution in [0.25, 0.3) is 0 Å². The van der Waals surface area contributed by atoms with Crippen LogP contribution in [-0.2, 0) is 16.1 Å². The third kappa shape index (κ3) is 2.43. The molecule has 0 aromatic heterocycles. The number of nitriles is 1. The van der Waals surface area contributed by atoms with Crippen LogP contribution in [0.5, 0.6) is 0 Å². The monoisotopic (exact) mass is 258 g/mol. The number of carboxylic acids is 1. The molecule has 1 aromatic rings. The van der Waals surface area contributed by atoms with Gasteiger partial charge in [0, 0.05) is 13.6 Å². The lowest BCUT2D eigenvalue weighted by Crippen LogP contribution is -2.38. The fourth-order valence-corrected chi connectivity index (χ4v) is 2.09. The lowest BCUT2D eigenvalue weighted by Gasteiger charge is -2.21. The van der Waals surface area contributed by atoms with E-state index in [2.05, 4.69) is 0 Å². The maximum atomic E-state index is 12.1. The second-order valence-electron chi connectivity index (χ2n) is 4.86. The van der Waals surface area contributed by atoms with Crippen molar-refractivity contribution >= 4 is 11.9 Å². The van der Waals surface area contributed by atoms with Crippen LogP contribution in [0.4, 0.5) is 0 Å². The average Bonchev–Trinajstić information content (AvgIpc) is 3.19. The largest absolute Gasteiger partial charge is 0.480 e. The Morgan fingerprint density at radius 2 is 2.16 bits per heavy atom. The van der Waals surface area contributed by atoms with Gasteiger partial charge in [-0.15, -0.1) is 0 Å². The van der Waals surface area contributed by atoms with Gasteiger partial charge in [-0.1, -0.05) is 12.1 Å². The predicted molar refractivity (Wildman–Crippen MR) is 66.9 cm³/mol. The first-order valence-corrected chi connectivity index (χ1v) is 5.97. The molecule has 0 aliphatic heterocycles. The maximum Gasteiger partial charge on any atom is 0.319 e. The van der Waals surface area contributed by atoms with Crippen LogP contribution in [0.3, 0.4) is 0 Å². The van der Waals surface area contributed by atoms with E-state index in [-0.39, 0.29) is 5.91 Å². The van der Waals surface area contributed by atoms with E-state index in [0.717, 1.165) is 5.56 Å². The van der Waals surface area contributed by atoms with Crippen LogP contribution >= 0.6 is 0 Å². The number of hydrogen-bond donors (Lipinski definition) is 1. The molecule has 1 N–H and O–H groups in total. The zero-order valence-corrected chi connectivity index (χ0v) is 10.6. The zero-order valence-electron chi connectivity index (χ0n) is 10.6. The van der Waals surface area contributed by atoms with Gasteiger partial charge < -0.3 is 10.0 Å². The summed E-state index contributed by atoms with van der Waals surface area (Å²) in [4.78, 5) is 24.6. The first-order valence-electron chi connectivity index (χ1n) is 5.97. The van der Waals surface area contributed by atoms with Crippen LogP contribution < -0.4 is 0 Å². The van der Waals surface area contributed by atoms with E-state index in [4.69, 9.17) is 10.4 Å². The number of rotatable bonds is 4. The van der Waals surface area contributed by atoms with E-state index in [1.165, 1.54) is 4.90 Å². The normalized spacial score (nSPS) is 15.4. The number of carbonyl (C=O) groups is 2. The van der Waals surface area contributed by atoms with Crippen LogP contribution in [0.2, 0.25) is 0 Å². The Labute approximate surface area is 111 Å². The molecule has 19 heavy (non-hydrogen) atoms. The molecule has 5 nitrogen and oxygen atoms in total. The molecule has 1 aliphatic rings. The summed E-state index contributed by atoms with van der Waals surface area (Å²) >= 11 is 0. The molecule has 0 bridgehead atoms. The smallest absolute Gasteiger partial charge is 0.319 e. The van der Waals surface area contributed by atoms with Crippen LogP contribution in [0.1, 0.15) is 24.0 Å². The second-order valence-corrected chi connectivity index (χ2v) is 4.86. The van der Waals surface area contributed by atoms with Crippen molar-refractivity contribution in [3.8, 4) is 6.07 Å². The van der Waals surface area contributed by atoms with Crippen molar-refractivity contribution in [3.63, 3.8) is 0 Å². The third-order valence-corrected chi connectivity index (χ3v) is 3.39. The Balaban J connectivity index is 2.09. The standard InChI is InChI=1S/C14H14N2O3/c1-16(12(17)14(5-6-14)13(18)19)9-11-4-2-3-10(7-11)8-15/h2-4,7H,5-6,9H2,1H3,(H,18,19).